The molecule has 0 saturated carbocycles. The Morgan fingerprint density at radius 2 is 2.47 bits per heavy atom. The Hall–Kier alpha value is -1.66. The predicted octanol–water partition coefficient (Wildman–Crippen LogP) is 1.33. The zero-order valence-corrected chi connectivity index (χ0v) is 11.2. The molecule has 1 saturated heterocycles. The van der Waals surface area contributed by atoms with Gasteiger partial charge in [-0.05, 0) is 18.6 Å². The van der Waals surface area contributed by atoms with Gasteiger partial charge in [0.1, 0.15) is 10.4 Å². The minimum absolute atomic E-state index is 0.0450. The molecule has 0 aliphatic carbocycles. The van der Waals surface area contributed by atoms with Gasteiger partial charge in [0.25, 0.3) is 5.91 Å². The SMILES string of the molecule is Nc1c(C(=O)N2CCC(CO)C2)sc2cccnc12. The van der Waals surface area contributed by atoms with Crippen molar-refractivity contribution in [3.8, 4) is 0 Å². The number of carbonyl (C=O) groups excluding carboxylic acids is 1. The van der Waals surface area contributed by atoms with Crippen LogP contribution in [0.4, 0.5) is 5.69 Å². The number of nitrogens with zero attached hydrogens (tertiary/aromatic N) is 2. The summed E-state index contributed by atoms with van der Waals surface area (Å²) in [6, 6.07) is 3.75. The first-order valence-corrected chi connectivity index (χ1v) is 7.05. The van der Waals surface area contributed by atoms with Gasteiger partial charge < -0.3 is 15.7 Å². The van der Waals surface area contributed by atoms with E-state index in [4.69, 9.17) is 10.8 Å². The van der Waals surface area contributed by atoms with Crippen LogP contribution in [-0.2, 0) is 0 Å². The third-order valence-corrected chi connectivity index (χ3v) is 4.66. The lowest BCUT2D eigenvalue weighted by Crippen LogP contribution is -2.29. The molecule has 6 heteroatoms. The van der Waals surface area contributed by atoms with Crippen LogP contribution in [0.3, 0.4) is 0 Å². The number of nitrogen functional groups attached to an aromatic ring is 1. The van der Waals surface area contributed by atoms with E-state index in [2.05, 4.69) is 4.98 Å². The fraction of sp³-hybridized carbons (Fsp3) is 0.385. The molecule has 3 heterocycles. The summed E-state index contributed by atoms with van der Waals surface area (Å²) in [6.07, 6.45) is 2.53. The highest BCUT2D eigenvalue weighted by molar-refractivity contribution is 7.21. The average molecular weight is 277 g/mol. The van der Waals surface area contributed by atoms with Crippen LogP contribution in [0.1, 0.15) is 16.1 Å². The zero-order valence-electron chi connectivity index (χ0n) is 10.4. The third kappa shape index (κ3) is 2.06. The average Bonchev–Trinajstić information content (AvgIpc) is 3.04. The second-order valence-corrected chi connectivity index (χ2v) is 5.84. The Balaban J connectivity index is 1.92. The van der Waals surface area contributed by atoms with Gasteiger partial charge in [0.15, 0.2) is 0 Å². The molecule has 1 unspecified atom stereocenters. The van der Waals surface area contributed by atoms with Crippen molar-refractivity contribution in [2.24, 2.45) is 5.92 Å². The Bertz CT molecular complexity index is 625. The van der Waals surface area contributed by atoms with Crippen LogP contribution in [-0.4, -0.2) is 40.6 Å². The molecule has 100 valence electrons. The molecule has 1 aliphatic rings. The summed E-state index contributed by atoms with van der Waals surface area (Å²) in [5.41, 5.74) is 7.20. The van der Waals surface area contributed by atoms with E-state index in [0.717, 1.165) is 11.1 Å². The number of rotatable bonds is 2. The van der Waals surface area contributed by atoms with Crippen molar-refractivity contribution in [1.29, 1.82) is 0 Å². The predicted molar refractivity (Wildman–Crippen MR) is 75.1 cm³/mol. The minimum Gasteiger partial charge on any atom is -0.396 e. The first kappa shape index (κ1) is 12.4. The van der Waals surface area contributed by atoms with Gasteiger partial charge in [-0.2, -0.15) is 0 Å². The lowest BCUT2D eigenvalue weighted by atomic mass is 10.1. The van der Waals surface area contributed by atoms with Crippen molar-refractivity contribution in [3.63, 3.8) is 0 Å². The Labute approximate surface area is 114 Å². The molecule has 0 spiro atoms. The number of amides is 1. The maximum Gasteiger partial charge on any atom is 0.266 e. The van der Waals surface area contributed by atoms with Gasteiger partial charge in [-0.15, -0.1) is 11.3 Å². The van der Waals surface area contributed by atoms with Gasteiger partial charge in [0.05, 0.1) is 10.4 Å². The second kappa shape index (κ2) is 4.79. The number of hydrogen-bond donors (Lipinski definition) is 2. The minimum atomic E-state index is -0.0450. The topological polar surface area (TPSA) is 79.5 Å². The van der Waals surface area contributed by atoms with Gasteiger partial charge in [-0.3, -0.25) is 9.78 Å². The number of likely N-dealkylation sites (tertiary alicyclic amines) is 1. The van der Waals surface area contributed by atoms with Gasteiger partial charge >= 0.3 is 0 Å². The van der Waals surface area contributed by atoms with E-state index in [1.165, 1.54) is 11.3 Å². The van der Waals surface area contributed by atoms with Crippen LogP contribution < -0.4 is 5.73 Å². The molecule has 1 atom stereocenters. The fourth-order valence-corrected chi connectivity index (χ4v) is 3.47. The third-order valence-electron chi connectivity index (χ3n) is 3.51. The van der Waals surface area contributed by atoms with E-state index in [9.17, 15) is 4.79 Å². The molecular formula is C13H15N3O2S. The molecule has 1 aliphatic heterocycles. The smallest absolute Gasteiger partial charge is 0.266 e. The lowest BCUT2D eigenvalue weighted by molar-refractivity contribution is 0.0787. The molecule has 1 fully saturated rings. The number of carbonyl (C=O) groups is 1. The Kier molecular flexibility index (Phi) is 3.12. The van der Waals surface area contributed by atoms with Crippen LogP contribution in [0.15, 0.2) is 18.3 Å². The van der Waals surface area contributed by atoms with Crippen molar-refractivity contribution >= 4 is 33.1 Å². The normalized spacial score (nSPS) is 19.2. The number of aliphatic hydroxyl groups is 1. The number of thiophene rings is 1. The van der Waals surface area contributed by atoms with Crippen LogP contribution in [0.25, 0.3) is 10.2 Å². The number of pyridine rings is 1. The van der Waals surface area contributed by atoms with Crippen molar-refractivity contribution < 1.29 is 9.90 Å². The Morgan fingerprint density at radius 3 is 3.16 bits per heavy atom. The number of anilines is 1. The monoisotopic (exact) mass is 277 g/mol. The van der Waals surface area contributed by atoms with Crippen LogP contribution in [0, 0.1) is 5.92 Å². The molecule has 0 aromatic carbocycles. The van der Waals surface area contributed by atoms with Gasteiger partial charge in [0, 0.05) is 31.8 Å². The van der Waals surface area contributed by atoms with E-state index in [1.54, 1.807) is 11.1 Å². The maximum absolute atomic E-state index is 12.4. The van der Waals surface area contributed by atoms with Gasteiger partial charge in [-0.1, -0.05) is 0 Å². The molecule has 2 aromatic heterocycles. The van der Waals surface area contributed by atoms with Crippen molar-refractivity contribution in [2.45, 2.75) is 6.42 Å². The molecule has 0 bridgehead atoms. The van der Waals surface area contributed by atoms with E-state index in [-0.39, 0.29) is 18.4 Å². The lowest BCUT2D eigenvalue weighted by Gasteiger charge is -2.15. The maximum atomic E-state index is 12.4. The summed E-state index contributed by atoms with van der Waals surface area (Å²) in [7, 11) is 0. The van der Waals surface area contributed by atoms with Crippen LogP contribution >= 0.6 is 11.3 Å². The summed E-state index contributed by atoms with van der Waals surface area (Å²) >= 11 is 1.39. The van der Waals surface area contributed by atoms with Crippen LogP contribution in [0.2, 0.25) is 0 Å². The molecular weight excluding hydrogens is 262 g/mol. The molecule has 3 rings (SSSR count). The number of nitrogens with two attached hydrogens (primary N) is 1. The zero-order chi connectivity index (χ0) is 13.4. The number of fused-ring (bicyclic) bond motifs is 1. The fourth-order valence-electron chi connectivity index (χ4n) is 2.42. The summed E-state index contributed by atoms with van der Waals surface area (Å²) in [5, 5.41) is 9.14. The number of aliphatic hydroxyl groups excluding tert-OH is 1. The standard InChI is InChI=1S/C13H15N3O2S/c14-10-11-9(2-1-4-15-11)19-12(10)13(18)16-5-3-8(6-16)7-17/h1-2,4,8,17H,3,5-7,14H2. The molecule has 19 heavy (non-hydrogen) atoms. The largest absolute Gasteiger partial charge is 0.396 e. The first-order chi connectivity index (χ1) is 9.20. The molecule has 1 amide bonds. The Morgan fingerprint density at radius 1 is 1.63 bits per heavy atom. The number of aromatic nitrogens is 1. The highest BCUT2D eigenvalue weighted by Crippen LogP contribution is 2.33. The quantitative estimate of drug-likeness (QED) is 0.868. The van der Waals surface area contributed by atoms with E-state index < -0.39 is 0 Å². The van der Waals surface area contributed by atoms with Gasteiger partial charge in [-0.25, -0.2) is 0 Å². The highest BCUT2D eigenvalue weighted by atomic mass is 32.1. The van der Waals surface area contributed by atoms with Crippen LogP contribution in [0.5, 0.6) is 0 Å². The van der Waals surface area contributed by atoms with Crippen molar-refractivity contribution in [3.05, 3.63) is 23.2 Å². The first-order valence-electron chi connectivity index (χ1n) is 6.24. The van der Waals surface area contributed by atoms with E-state index in [1.807, 2.05) is 12.1 Å². The van der Waals surface area contributed by atoms with E-state index >= 15 is 0 Å². The highest BCUT2D eigenvalue weighted by Gasteiger charge is 2.29. The second-order valence-electron chi connectivity index (χ2n) is 4.78. The summed E-state index contributed by atoms with van der Waals surface area (Å²) < 4.78 is 0.932. The molecule has 5 nitrogen and oxygen atoms in total. The molecule has 0 radical (unpaired) electrons. The molecule has 3 N–H and O–H groups in total. The van der Waals surface area contributed by atoms with Crippen molar-refractivity contribution in [2.75, 3.05) is 25.4 Å². The molecule has 2 aromatic rings. The van der Waals surface area contributed by atoms with Gasteiger partial charge in [0.2, 0.25) is 0 Å². The summed E-state index contributed by atoms with van der Waals surface area (Å²) in [4.78, 5) is 19.0. The number of hydrogen-bond acceptors (Lipinski definition) is 5. The summed E-state index contributed by atoms with van der Waals surface area (Å²) in [5.74, 6) is 0.147. The van der Waals surface area contributed by atoms with E-state index in [0.29, 0.717) is 29.2 Å². The summed E-state index contributed by atoms with van der Waals surface area (Å²) in [6.45, 7) is 1.43. The van der Waals surface area contributed by atoms with Crippen molar-refractivity contribution in [1.82, 2.24) is 9.88 Å².